The SMILES string of the molecule is CC[C@H](Oc1ccccc1C)C(=O)Nc1ccccc1C(=O)c1ccccc1. The summed E-state index contributed by atoms with van der Waals surface area (Å²) in [5.74, 6) is 0.265. The molecule has 0 saturated carbocycles. The zero-order chi connectivity index (χ0) is 19.9. The highest BCUT2D eigenvalue weighted by molar-refractivity contribution is 6.14. The van der Waals surface area contributed by atoms with Gasteiger partial charge in [0.1, 0.15) is 5.75 Å². The predicted octanol–water partition coefficient (Wildman–Crippen LogP) is 5.02. The first-order valence-electron chi connectivity index (χ1n) is 9.32. The van der Waals surface area contributed by atoms with Gasteiger partial charge in [-0.1, -0.05) is 67.6 Å². The van der Waals surface area contributed by atoms with Crippen molar-refractivity contribution in [3.8, 4) is 5.75 Å². The second kappa shape index (κ2) is 9.00. The van der Waals surface area contributed by atoms with E-state index in [1.165, 1.54) is 0 Å². The lowest BCUT2D eigenvalue weighted by molar-refractivity contribution is -0.122. The summed E-state index contributed by atoms with van der Waals surface area (Å²) in [6.07, 6.45) is -0.143. The molecule has 1 N–H and O–H groups in total. The Bertz CT molecular complexity index is 966. The number of carbonyl (C=O) groups is 2. The summed E-state index contributed by atoms with van der Waals surface area (Å²) < 4.78 is 5.92. The molecule has 0 aliphatic rings. The van der Waals surface area contributed by atoms with Crippen LogP contribution in [0.2, 0.25) is 0 Å². The van der Waals surface area contributed by atoms with E-state index in [0.29, 0.717) is 29.0 Å². The fraction of sp³-hybridized carbons (Fsp3) is 0.167. The maximum absolute atomic E-state index is 12.8. The first kappa shape index (κ1) is 19.4. The molecular weight excluding hydrogens is 350 g/mol. The summed E-state index contributed by atoms with van der Waals surface area (Å²) in [4.78, 5) is 25.7. The van der Waals surface area contributed by atoms with Crippen LogP contribution < -0.4 is 10.1 Å². The van der Waals surface area contributed by atoms with E-state index in [-0.39, 0.29) is 11.7 Å². The average Bonchev–Trinajstić information content (AvgIpc) is 2.73. The molecule has 1 amide bonds. The van der Waals surface area contributed by atoms with Crippen molar-refractivity contribution in [3.63, 3.8) is 0 Å². The number of hydrogen-bond donors (Lipinski definition) is 1. The largest absolute Gasteiger partial charge is 0.480 e. The minimum atomic E-state index is -0.652. The highest BCUT2D eigenvalue weighted by atomic mass is 16.5. The minimum Gasteiger partial charge on any atom is -0.480 e. The Morgan fingerprint density at radius 2 is 1.54 bits per heavy atom. The molecule has 0 aromatic heterocycles. The summed E-state index contributed by atoms with van der Waals surface area (Å²) in [6, 6.07) is 23.6. The highest BCUT2D eigenvalue weighted by Gasteiger charge is 2.21. The Balaban J connectivity index is 1.80. The van der Waals surface area contributed by atoms with E-state index in [9.17, 15) is 9.59 Å². The molecule has 4 nitrogen and oxygen atoms in total. The number of carbonyl (C=O) groups excluding carboxylic acids is 2. The molecule has 0 fully saturated rings. The predicted molar refractivity (Wildman–Crippen MR) is 111 cm³/mol. The van der Waals surface area contributed by atoms with Crippen molar-refractivity contribution in [1.82, 2.24) is 0 Å². The van der Waals surface area contributed by atoms with E-state index in [2.05, 4.69) is 5.32 Å². The number of anilines is 1. The summed E-state index contributed by atoms with van der Waals surface area (Å²) in [5, 5.41) is 2.87. The van der Waals surface area contributed by atoms with Gasteiger partial charge in [-0.15, -0.1) is 0 Å². The van der Waals surface area contributed by atoms with Gasteiger partial charge in [0.25, 0.3) is 5.91 Å². The first-order valence-corrected chi connectivity index (χ1v) is 9.32. The molecule has 142 valence electrons. The third-order valence-electron chi connectivity index (χ3n) is 4.49. The Morgan fingerprint density at radius 3 is 2.25 bits per heavy atom. The molecule has 28 heavy (non-hydrogen) atoms. The van der Waals surface area contributed by atoms with Crippen LogP contribution in [0.3, 0.4) is 0 Å². The number of amides is 1. The molecule has 4 heteroatoms. The second-order valence-corrected chi connectivity index (χ2v) is 6.51. The minimum absolute atomic E-state index is 0.135. The maximum atomic E-state index is 12.8. The number of hydrogen-bond acceptors (Lipinski definition) is 3. The molecular formula is C24H23NO3. The lowest BCUT2D eigenvalue weighted by atomic mass is 10.0. The van der Waals surface area contributed by atoms with Crippen molar-refractivity contribution in [3.05, 3.63) is 95.6 Å². The van der Waals surface area contributed by atoms with Crippen molar-refractivity contribution in [1.29, 1.82) is 0 Å². The topological polar surface area (TPSA) is 55.4 Å². The molecule has 0 heterocycles. The molecule has 3 rings (SSSR count). The van der Waals surface area contributed by atoms with Crippen LogP contribution in [0.5, 0.6) is 5.75 Å². The van der Waals surface area contributed by atoms with E-state index < -0.39 is 6.10 Å². The number of rotatable bonds is 7. The third kappa shape index (κ3) is 4.46. The summed E-state index contributed by atoms with van der Waals surface area (Å²) >= 11 is 0. The molecule has 0 spiro atoms. The van der Waals surface area contributed by atoms with E-state index in [0.717, 1.165) is 5.56 Å². The quantitative estimate of drug-likeness (QED) is 0.592. The zero-order valence-corrected chi connectivity index (χ0v) is 16.0. The van der Waals surface area contributed by atoms with Crippen LogP contribution >= 0.6 is 0 Å². The van der Waals surface area contributed by atoms with Crippen LogP contribution in [-0.4, -0.2) is 17.8 Å². The van der Waals surface area contributed by atoms with Crippen molar-refractivity contribution in [2.75, 3.05) is 5.32 Å². The Hall–Kier alpha value is -3.40. The van der Waals surface area contributed by atoms with Crippen LogP contribution in [0.25, 0.3) is 0 Å². The number of para-hydroxylation sites is 2. The molecule has 0 unspecified atom stereocenters. The van der Waals surface area contributed by atoms with E-state index in [1.807, 2.05) is 56.3 Å². The van der Waals surface area contributed by atoms with Gasteiger partial charge < -0.3 is 10.1 Å². The normalized spacial score (nSPS) is 11.5. The van der Waals surface area contributed by atoms with E-state index in [4.69, 9.17) is 4.74 Å². The van der Waals surface area contributed by atoms with Crippen LogP contribution in [0.4, 0.5) is 5.69 Å². The monoisotopic (exact) mass is 373 g/mol. The standard InChI is InChI=1S/C24H23NO3/c1-3-21(28-22-16-10-7-11-17(22)2)24(27)25-20-15-9-8-14-19(20)23(26)18-12-5-4-6-13-18/h4-16,21H,3H2,1-2H3,(H,25,27)/t21-/m0/s1. The molecule has 1 atom stereocenters. The van der Waals surface area contributed by atoms with Gasteiger partial charge >= 0.3 is 0 Å². The van der Waals surface area contributed by atoms with Gasteiger partial charge in [-0.3, -0.25) is 9.59 Å². The summed E-state index contributed by atoms with van der Waals surface area (Å²) in [5.41, 5.74) is 2.47. The Morgan fingerprint density at radius 1 is 0.893 bits per heavy atom. The lowest BCUT2D eigenvalue weighted by Gasteiger charge is -2.19. The lowest BCUT2D eigenvalue weighted by Crippen LogP contribution is -2.33. The Kier molecular flexibility index (Phi) is 6.22. The van der Waals surface area contributed by atoms with Crippen molar-refractivity contribution >= 4 is 17.4 Å². The van der Waals surface area contributed by atoms with Gasteiger partial charge in [-0.25, -0.2) is 0 Å². The van der Waals surface area contributed by atoms with Gasteiger partial charge in [0.2, 0.25) is 0 Å². The molecule has 3 aromatic rings. The molecule has 0 radical (unpaired) electrons. The summed E-state index contributed by atoms with van der Waals surface area (Å²) in [6.45, 7) is 3.83. The van der Waals surface area contributed by atoms with Crippen LogP contribution in [0, 0.1) is 6.92 Å². The Labute approximate surface area is 165 Å². The van der Waals surface area contributed by atoms with Gasteiger partial charge in [0.05, 0.1) is 5.69 Å². The molecule has 0 aliphatic carbocycles. The van der Waals surface area contributed by atoms with Crippen LogP contribution in [0.1, 0.15) is 34.8 Å². The third-order valence-corrected chi connectivity index (χ3v) is 4.49. The van der Waals surface area contributed by atoms with Gasteiger partial charge in [-0.2, -0.15) is 0 Å². The summed E-state index contributed by atoms with van der Waals surface area (Å²) in [7, 11) is 0. The second-order valence-electron chi connectivity index (χ2n) is 6.51. The van der Waals surface area contributed by atoms with Crippen LogP contribution in [-0.2, 0) is 4.79 Å². The smallest absolute Gasteiger partial charge is 0.265 e. The molecule has 0 bridgehead atoms. The average molecular weight is 373 g/mol. The molecule has 0 saturated heterocycles. The van der Waals surface area contributed by atoms with Gasteiger partial charge in [-0.05, 0) is 37.1 Å². The van der Waals surface area contributed by atoms with Crippen molar-refractivity contribution in [2.45, 2.75) is 26.4 Å². The van der Waals surface area contributed by atoms with E-state index in [1.54, 1.807) is 36.4 Å². The highest BCUT2D eigenvalue weighted by Crippen LogP contribution is 2.22. The number of nitrogens with one attached hydrogen (secondary N) is 1. The van der Waals surface area contributed by atoms with E-state index >= 15 is 0 Å². The van der Waals surface area contributed by atoms with Crippen molar-refractivity contribution in [2.24, 2.45) is 0 Å². The molecule has 3 aromatic carbocycles. The molecule has 0 aliphatic heterocycles. The fourth-order valence-electron chi connectivity index (χ4n) is 2.91. The zero-order valence-electron chi connectivity index (χ0n) is 16.0. The van der Waals surface area contributed by atoms with Crippen LogP contribution in [0.15, 0.2) is 78.9 Å². The van der Waals surface area contributed by atoms with Crippen molar-refractivity contribution < 1.29 is 14.3 Å². The van der Waals surface area contributed by atoms with Gasteiger partial charge in [0, 0.05) is 11.1 Å². The number of benzene rings is 3. The number of ketones is 1. The fourth-order valence-corrected chi connectivity index (χ4v) is 2.91. The number of aryl methyl sites for hydroxylation is 1. The van der Waals surface area contributed by atoms with Gasteiger partial charge in [0.15, 0.2) is 11.9 Å². The first-order chi connectivity index (χ1) is 13.6. The maximum Gasteiger partial charge on any atom is 0.265 e. The number of ether oxygens (including phenoxy) is 1.